The van der Waals surface area contributed by atoms with Crippen LogP contribution in [0.2, 0.25) is 0 Å². The predicted molar refractivity (Wildman–Crippen MR) is 79.5 cm³/mol. The van der Waals surface area contributed by atoms with Crippen LogP contribution in [0.5, 0.6) is 0 Å². The monoisotopic (exact) mass is 279 g/mol. The van der Waals surface area contributed by atoms with Gasteiger partial charge in [0.1, 0.15) is 5.69 Å². The van der Waals surface area contributed by atoms with Crippen LogP contribution in [-0.2, 0) is 0 Å². The van der Waals surface area contributed by atoms with Gasteiger partial charge in [-0.3, -0.25) is 4.79 Å². The smallest absolute Gasteiger partial charge is 0.268 e. The summed E-state index contributed by atoms with van der Waals surface area (Å²) in [5.74, 6) is 0.0562. The number of carbonyl (C=O) groups excluding carboxylic acids is 1. The van der Waals surface area contributed by atoms with Crippen molar-refractivity contribution in [2.24, 2.45) is 5.92 Å². The zero-order valence-corrected chi connectivity index (χ0v) is 12.3. The largest absolute Gasteiger partial charge is 0.397 e. The number of hydrogen-bond donors (Lipinski definition) is 3. The lowest BCUT2D eigenvalue weighted by molar-refractivity contribution is 0.0660. The van der Waals surface area contributed by atoms with Crippen LogP contribution < -0.4 is 11.1 Å². The third kappa shape index (κ3) is 3.33. The van der Waals surface area contributed by atoms with E-state index in [1.165, 1.54) is 0 Å². The zero-order chi connectivity index (χ0) is 14.7. The lowest BCUT2D eigenvalue weighted by Crippen LogP contribution is -2.37. The van der Waals surface area contributed by atoms with Crippen molar-refractivity contribution in [3.8, 4) is 0 Å². The fourth-order valence-electron chi connectivity index (χ4n) is 2.85. The lowest BCUT2D eigenvalue weighted by atomic mass is 9.86. The standard InChI is InChI=1S/C15H25N3O2/c1-10(2)18-9-12(16)7-13(18)15(20)17-8-11-5-3-4-6-14(11)19/h7,9-11,14,19H,3-6,8,16H2,1-2H3,(H,17,20). The Bertz CT molecular complexity index is 468. The number of aromatic nitrogens is 1. The minimum Gasteiger partial charge on any atom is -0.397 e. The Morgan fingerprint density at radius 3 is 2.85 bits per heavy atom. The molecule has 1 aromatic rings. The van der Waals surface area contributed by atoms with E-state index in [1.54, 1.807) is 12.3 Å². The summed E-state index contributed by atoms with van der Waals surface area (Å²) in [5, 5.41) is 12.9. The van der Waals surface area contributed by atoms with E-state index in [0.29, 0.717) is 17.9 Å². The van der Waals surface area contributed by atoms with Gasteiger partial charge in [0, 0.05) is 24.7 Å². The van der Waals surface area contributed by atoms with E-state index in [-0.39, 0.29) is 24.0 Å². The first-order valence-electron chi connectivity index (χ1n) is 7.42. The van der Waals surface area contributed by atoms with Crippen molar-refractivity contribution in [2.75, 3.05) is 12.3 Å². The summed E-state index contributed by atoms with van der Waals surface area (Å²) in [7, 11) is 0. The second-order valence-corrected chi connectivity index (χ2v) is 5.98. The third-order valence-corrected chi connectivity index (χ3v) is 4.05. The second-order valence-electron chi connectivity index (χ2n) is 5.98. The number of nitrogen functional groups attached to an aromatic ring is 1. The second kappa shape index (κ2) is 6.31. The molecule has 0 radical (unpaired) electrons. The molecule has 0 spiro atoms. The van der Waals surface area contributed by atoms with Crippen molar-refractivity contribution in [1.82, 2.24) is 9.88 Å². The molecule has 1 fully saturated rings. The Hall–Kier alpha value is -1.49. The Morgan fingerprint density at radius 2 is 2.20 bits per heavy atom. The van der Waals surface area contributed by atoms with Crippen LogP contribution in [0.3, 0.4) is 0 Å². The van der Waals surface area contributed by atoms with Gasteiger partial charge in [0.15, 0.2) is 0 Å². The number of nitrogens with two attached hydrogens (primary N) is 1. The fraction of sp³-hybridized carbons (Fsp3) is 0.667. The maximum absolute atomic E-state index is 12.3. The molecule has 1 heterocycles. The summed E-state index contributed by atoms with van der Waals surface area (Å²) in [6.45, 7) is 4.56. The molecule has 2 atom stereocenters. The van der Waals surface area contributed by atoms with E-state index in [0.717, 1.165) is 25.7 Å². The van der Waals surface area contributed by atoms with Crippen LogP contribution in [0, 0.1) is 5.92 Å². The van der Waals surface area contributed by atoms with E-state index in [1.807, 2.05) is 18.4 Å². The van der Waals surface area contributed by atoms with Crippen LogP contribution in [-0.4, -0.2) is 28.2 Å². The molecule has 0 saturated heterocycles. The van der Waals surface area contributed by atoms with Gasteiger partial charge >= 0.3 is 0 Å². The highest BCUT2D eigenvalue weighted by Gasteiger charge is 2.24. The van der Waals surface area contributed by atoms with Crippen LogP contribution in [0.25, 0.3) is 0 Å². The molecule has 0 bridgehead atoms. The molecular formula is C15H25N3O2. The summed E-state index contributed by atoms with van der Waals surface area (Å²) in [4.78, 5) is 12.3. The first kappa shape index (κ1) is 14.9. The van der Waals surface area contributed by atoms with Gasteiger partial charge in [-0.15, -0.1) is 0 Å². The number of aliphatic hydroxyl groups excluding tert-OH is 1. The van der Waals surface area contributed by atoms with Gasteiger partial charge in [0.2, 0.25) is 0 Å². The highest BCUT2D eigenvalue weighted by Crippen LogP contribution is 2.24. The van der Waals surface area contributed by atoms with Crippen molar-refractivity contribution >= 4 is 11.6 Å². The Morgan fingerprint density at radius 1 is 1.50 bits per heavy atom. The summed E-state index contributed by atoms with van der Waals surface area (Å²) in [6.07, 6.45) is 5.54. The SMILES string of the molecule is CC(C)n1cc(N)cc1C(=O)NCC1CCCCC1O. The maximum Gasteiger partial charge on any atom is 0.268 e. The van der Waals surface area contributed by atoms with E-state index in [9.17, 15) is 9.90 Å². The van der Waals surface area contributed by atoms with Crippen molar-refractivity contribution in [2.45, 2.75) is 51.7 Å². The summed E-state index contributed by atoms with van der Waals surface area (Å²) < 4.78 is 1.88. The van der Waals surface area contributed by atoms with Gasteiger partial charge in [-0.1, -0.05) is 12.8 Å². The fourth-order valence-corrected chi connectivity index (χ4v) is 2.85. The van der Waals surface area contributed by atoms with Gasteiger partial charge in [-0.2, -0.15) is 0 Å². The van der Waals surface area contributed by atoms with Crippen LogP contribution in [0.1, 0.15) is 56.1 Å². The molecule has 1 aromatic heterocycles. The number of hydrogen-bond acceptors (Lipinski definition) is 3. The normalized spacial score (nSPS) is 23.0. The Balaban J connectivity index is 1.98. The van der Waals surface area contributed by atoms with E-state index < -0.39 is 0 Å². The molecular weight excluding hydrogens is 254 g/mol. The summed E-state index contributed by atoms with van der Waals surface area (Å²) in [6, 6.07) is 1.89. The highest BCUT2D eigenvalue weighted by atomic mass is 16.3. The molecule has 1 aliphatic carbocycles. The Labute approximate surface area is 120 Å². The Kier molecular flexibility index (Phi) is 4.70. The number of rotatable bonds is 4. The molecule has 1 amide bonds. The lowest BCUT2D eigenvalue weighted by Gasteiger charge is -2.27. The molecule has 1 saturated carbocycles. The van der Waals surface area contributed by atoms with Crippen molar-refractivity contribution in [3.63, 3.8) is 0 Å². The molecule has 2 unspecified atom stereocenters. The molecule has 0 aromatic carbocycles. The van der Waals surface area contributed by atoms with Gasteiger partial charge in [-0.25, -0.2) is 0 Å². The molecule has 112 valence electrons. The topological polar surface area (TPSA) is 80.3 Å². The molecule has 5 heteroatoms. The van der Waals surface area contributed by atoms with E-state index in [2.05, 4.69) is 5.32 Å². The molecule has 0 aliphatic heterocycles. The first-order chi connectivity index (χ1) is 9.49. The van der Waals surface area contributed by atoms with Gasteiger partial charge < -0.3 is 20.7 Å². The van der Waals surface area contributed by atoms with Crippen molar-refractivity contribution in [3.05, 3.63) is 18.0 Å². The van der Waals surface area contributed by atoms with Crippen LogP contribution in [0.15, 0.2) is 12.3 Å². The third-order valence-electron chi connectivity index (χ3n) is 4.05. The minimum absolute atomic E-state index is 0.117. The molecule has 1 aliphatic rings. The molecule has 2 rings (SSSR count). The molecule has 5 nitrogen and oxygen atoms in total. The van der Waals surface area contributed by atoms with E-state index >= 15 is 0 Å². The van der Waals surface area contributed by atoms with Crippen molar-refractivity contribution < 1.29 is 9.90 Å². The van der Waals surface area contributed by atoms with E-state index in [4.69, 9.17) is 5.73 Å². The molecule has 4 N–H and O–H groups in total. The summed E-state index contributed by atoms with van der Waals surface area (Å²) >= 11 is 0. The number of aliphatic hydroxyl groups is 1. The number of anilines is 1. The van der Waals surface area contributed by atoms with Gasteiger partial charge in [0.25, 0.3) is 5.91 Å². The summed E-state index contributed by atoms with van der Waals surface area (Å²) in [5.41, 5.74) is 6.96. The number of nitrogens with one attached hydrogen (secondary N) is 1. The highest BCUT2D eigenvalue weighted by molar-refractivity contribution is 5.93. The first-order valence-corrected chi connectivity index (χ1v) is 7.42. The van der Waals surface area contributed by atoms with Crippen LogP contribution in [0.4, 0.5) is 5.69 Å². The van der Waals surface area contributed by atoms with Crippen LogP contribution >= 0.6 is 0 Å². The zero-order valence-electron chi connectivity index (χ0n) is 12.3. The maximum atomic E-state index is 12.3. The van der Waals surface area contributed by atoms with Crippen molar-refractivity contribution in [1.29, 1.82) is 0 Å². The molecule has 20 heavy (non-hydrogen) atoms. The number of amides is 1. The average molecular weight is 279 g/mol. The minimum atomic E-state index is -0.286. The predicted octanol–water partition coefficient (Wildman–Crippen LogP) is 1.93. The average Bonchev–Trinajstić information content (AvgIpc) is 2.80. The van der Waals surface area contributed by atoms with Gasteiger partial charge in [0.05, 0.1) is 11.8 Å². The quantitative estimate of drug-likeness (QED) is 0.788. The number of carbonyl (C=O) groups is 1. The number of nitrogens with zero attached hydrogens (tertiary/aromatic N) is 1. The van der Waals surface area contributed by atoms with Gasteiger partial charge in [-0.05, 0) is 32.8 Å².